The Morgan fingerprint density at radius 2 is 0.690 bits per heavy atom. The van der Waals surface area contributed by atoms with Crippen LogP contribution in [0.3, 0.4) is 0 Å². The normalized spacial score (nSPS) is 27.2. The summed E-state index contributed by atoms with van der Waals surface area (Å²) in [7, 11) is 0. The van der Waals surface area contributed by atoms with E-state index < -0.39 is 124 Å². The Labute approximate surface area is 600 Å². The smallest absolute Gasteiger partial charge is 0.220 e. The number of aliphatic hydroxyl groups excluding tert-OH is 11. The highest BCUT2D eigenvalue weighted by molar-refractivity contribution is 5.76. The molecule has 19 heteroatoms. The zero-order valence-electron chi connectivity index (χ0n) is 60.9. The first-order chi connectivity index (χ1) is 48.8. The van der Waals surface area contributed by atoms with E-state index in [-0.39, 0.29) is 18.9 Å². The highest BCUT2D eigenvalue weighted by Gasteiger charge is 2.53. The van der Waals surface area contributed by atoms with Crippen molar-refractivity contribution in [3.05, 3.63) is 134 Å². The summed E-state index contributed by atoms with van der Waals surface area (Å²) < 4.78 is 34.4. The Kier molecular flexibility index (Phi) is 54.3. The highest BCUT2D eigenvalue weighted by atomic mass is 16.8. The first-order valence-corrected chi connectivity index (χ1v) is 38.4. The molecule has 0 aromatic rings. The van der Waals surface area contributed by atoms with Crippen molar-refractivity contribution < 1.29 is 89.4 Å². The number of ether oxygens (including phenoxy) is 6. The maximum absolute atomic E-state index is 13.4. The largest absolute Gasteiger partial charge is 0.394 e. The molecule has 0 aromatic heterocycles. The lowest BCUT2D eigenvalue weighted by Crippen LogP contribution is -2.66. The van der Waals surface area contributed by atoms with Gasteiger partial charge in [-0.05, 0) is 96.3 Å². The standard InChI is InChI=1S/C81H135NO18/c1-3-5-7-9-11-13-15-17-19-20-21-22-23-24-25-26-27-28-29-30-31-32-33-34-35-36-37-38-39-40-41-42-43-44-45-47-49-51-53-55-57-59-69(87)82-64(65(86)58-56-54-52-50-48-46-18-16-14-12-10-8-6-4-2)63-95-79-75(93)72(90)77(67(61-84)97-79)100-81-76(94)73(91)78(68(62-85)98-81)99-80-74(92)71(89)70(88)66(60-83)96-80/h5,7,11,13,17,19,21-22,24-25,27-28,30-31,33-34,36-37,39-40,42-43,64-68,70-81,83-86,88-94H,3-4,6,8-10,12,14-16,18,20,23,26,29,32,35,38,41,44-63H2,1-2H3,(H,82,87)/b7-5-,13-11-,19-17-,22-21-,25-24-,28-27-,31-30-,34-33-,37-36-,40-39-,43-42-. The van der Waals surface area contributed by atoms with E-state index in [4.69, 9.17) is 28.4 Å². The summed E-state index contributed by atoms with van der Waals surface area (Å²) in [6.07, 6.45) is 58.2. The van der Waals surface area contributed by atoms with Gasteiger partial charge in [0.25, 0.3) is 0 Å². The number of nitrogens with one attached hydrogen (secondary N) is 1. The minimum Gasteiger partial charge on any atom is -0.394 e. The van der Waals surface area contributed by atoms with Gasteiger partial charge in [0.05, 0.1) is 38.6 Å². The molecule has 19 nitrogen and oxygen atoms in total. The van der Waals surface area contributed by atoms with Crippen LogP contribution >= 0.6 is 0 Å². The van der Waals surface area contributed by atoms with Gasteiger partial charge in [-0.2, -0.15) is 0 Å². The second-order valence-corrected chi connectivity index (χ2v) is 26.7. The quantitative estimate of drug-likeness (QED) is 0.0199. The van der Waals surface area contributed by atoms with Crippen LogP contribution in [-0.2, 0) is 33.2 Å². The van der Waals surface area contributed by atoms with Gasteiger partial charge in [-0.3, -0.25) is 4.79 Å². The van der Waals surface area contributed by atoms with Crippen LogP contribution in [0.2, 0.25) is 0 Å². The molecule has 17 unspecified atom stereocenters. The number of amides is 1. The van der Waals surface area contributed by atoms with E-state index in [9.17, 15) is 61.0 Å². The van der Waals surface area contributed by atoms with E-state index in [0.29, 0.717) is 12.8 Å². The van der Waals surface area contributed by atoms with Gasteiger partial charge in [-0.25, -0.2) is 0 Å². The molecule has 0 radical (unpaired) electrons. The third-order valence-corrected chi connectivity index (χ3v) is 18.2. The fourth-order valence-corrected chi connectivity index (χ4v) is 12.1. The number of hydrogen-bond acceptors (Lipinski definition) is 18. The molecule has 3 heterocycles. The monoisotopic (exact) mass is 1410 g/mol. The van der Waals surface area contributed by atoms with Crippen molar-refractivity contribution >= 4 is 5.91 Å². The molecule has 100 heavy (non-hydrogen) atoms. The second kappa shape index (κ2) is 60.2. The van der Waals surface area contributed by atoms with Gasteiger partial charge in [0.15, 0.2) is 18.9 Å². The van der Waals surface area contributed by atoms with Crippen LogP contribution in [0.1, 0.15) is 239 Å². The van der Waals surface area contributed by atoms with Gasteiger partial charge in [-0.15, -0.1) is 0 Å². The molecule has 3 rings (SSSR count). The number of carbonyl (C=O) groups excluding carboxylic acids is 1. The number of rotatable bonds is 58. The van der Waals surface area contributed by atoms with Crippen molar-refractivity contribution in [1.82, 2.24) is 5.32 Å². The number of aliphatic hydroxyl groups is 11. The van der Waals surface area contributed by atoms with Crippen molar-refractivity contribution in [2.75, 3.05) is 26.4 Å². The average molecular weight is 1410 g/mol. The van der Waals surface area contributed by atoms with Crippen molar-refractivity contribution in [1.29, 1.82) is 0 Å². The van der Waals surface area contributed by atoms with Gasteiger partial charge in [0, 0.05) is 6.42 Å². The summed E-state index contributed by atoms with van der Waals surface area (Å²) in [6.45, 7) is 1.66. The fourth-order valence-electron chi connectivity index (χ4n) is 12.1. The lowest BCUT2D eigenvalue weighted by Gasteiger charge is -2.48. The van der Waals surface area contributed by atoms with Crippen molar-refractivity contribution in [2.45, 2.75) is 343 Å². The zero-order valence-corrected chi connectivity index (χ0v) is 60.9. The van der Waals surface area contributed by atoms with E-state index in [1.807, 2.05) is 0 Å². The first kappa shape index (κ1) is 90.1. The number of hydrogen-bond donors (Lipinski definition) is 12. The van der Waals surface area contributed by atoms with E-state index in [0.717, 1.165) is 141 Å². The second-order valence-electron chi connectivity index (χ2n) is 26.7. The van der Waals surface area contributed by atoms with Gasteiger partial charge < -0.3 is 89.9 Å². The zero-order chi connectivity index (χ0) is 72.5. The Hall–Kier alpha value is -4.07. The molecule has 3 fully saturated rings. The maximum Gasteiger partial charge on any atom is 0.220 e. The van der Waals surface area contributed by atoms with Crippen LogP contribution in [0.25, 0.3) is 0 Å². The maximum atomic E-state index is 13.4. The third kappa shape index (κ3) is 40.3. The van der Waals surface area contributed by atoms with E-state index in [1.165, 1.54) is 64.2 Å². The molecule has 3 saturated heterocycles. The van der Waals surface area contributed by atoms with Gasteiger partial charge in [0.2, 0.25) is 5.91 Å². The van der Waals surface area contributed by atoms with Crippen molar-refractivity contribution in [3.63, 3.8) is 0 Å². The summed E-state index contributed by atoms with van der Waals surface area (Å²) in [5.41, 5.74) is 0. The van der Waals surface area contributed by atoms with Crippen molar-refractivity contribution in [2.24, 2.45) is 0 Å². The number of unbranched alkanes of at least 4 members (excludes halogenated alkanes) is 20. The molecule has 0 aromatic carbocycles. The van der Waals surface area contributed by atoms with E-state index in [1.54, 1.807) is 0 Å². The molecule has 572 valence electrons. The topological polar surface area (TPSA) is 307 Å². The molecule has 1 amide bonds. The van der Waals surface area contributed by atoms with Gasteiger partial charge in [0.1, 0.15) is 73.2 Å². The number of carbonyl (C=O) groups is 1. The average Bonchev–Trinajstić information content (AvgIpc) is 0.783. The predicted octanol–water partition coefficient (Wildman–Crippen LogP) is 12.1. The van der Waals surface area contributed by atoms with Crippen LogP contribution in [0, 0.1) is 0 Å². The summed E-state index contributed by atoms with van der Waals surface area (Å²) in [6, 6.07) is -0.902. The summed E-state index contributed by atoms with van der Waals surface area (Å²) in [4.78, 5) is 13.4. The molecule has 0 bridgehead atoms. The predicted molar refractivity (Wildman–Crippen MR) is 396 cm³/mol. The first-order valence-electron chi connectivity index (χ1n) is 38.4. The fraction of sp³-hybridized carbons (Fsp3) is 0.716. The van der Waals surface area contributed by atoms with Crippen LogP contribution < -0.4 is 5.32 Å². The Morgan fingerprint density at radius 3 is 1.08 bits per heavy atom. The Bertz CT molecular complexity index is 2330. The molecule has 0 spiro atoms. The lowest BCUT2D eigenvalue weighted by molar-refractivity contribution is -0.379. The van der Waals surface area contributed by atoms with Crippen LogP contribution in [-0.4, -0.2) is 193 Å². The van der Waals surface area contributed by atoms with Crippen LogP contribution in [0.15, 0.2) is 134 Å². The van der Waals surface area contributed by atoms with Gasteiger partial charge in [-0.1, -0.05) is 270 Å². The molecule has 0 saturated carbocycles. The Morgan fingerprint density at radius 1 is 0.370 bits per heavy atom. The van der Waals surface area contributed by atoms with E-state index in [2.05, 4.69) is 153 Å². The molecule has 12 N–H and O–H groups in total. The molecule has 3 aliphatic rings. The minimum absolute atomic E-state index is 0.245. The summed E-state index contributed by atoms with van der Waals surface area (Å²) >= 11 is 0. The van der Waals surface area contributed by atoms with Crippen LogP contribution in [0.5, 0.6) is 0 Å². The molecule has 0 aliphatic carbocycles. The molecular formula is C81H135NO18. The molecule has 3 aliphatic heterocycles. The van der Waals surface area contributed by atoms with E-state index >= 15 is 0 Å². The molecule has 17 atom stereocenters. The van der Waals surface area contributed by atoms with Gasteiger partial charge >= 0.3 is 0 Å². The molecular weight excluding hydrogens is 1270 g/mol. The van der Waals surface area contributed by atoms with Crippen LogP contribution in [0.4, 0.5) is 0 Å². The third-order valence-electron chi connectivity index (χ3n) is 18.2. The SMILES string of the molecule is CC/C=C\C/C=C\C/C=C\C/C=C\C/C=C\C/C=C\C/C=C\C/C=C\C/C=C\C/C=C\C/C=C\CCCCCCCCCC(=O)NC(COC1OC(CO)C(OC2OC(CO)C(OC3OC(CO)C(O)C(O)C3O)C(O)C2O)C(O)C1O)C(O)CCCCCCCCCCCCCCCC. The summed E-state index contributed by atoms with van der Waals surface area (Å²) in [5, 5.41) is 121. The van der Waals surface area contributed by atoms with Crippen molar-refractivity contribution in [3.8, 4) is 0 Å². The minimum atomic E-state index is -1.98. The lowest BCUT2D eigenvalue weighted by atomic mass is 9.96. The summed E-state index contributed by atoms with van der Waals surface area (Å²) in [5.74, 6) is -0.259. The highest BCUT2D eigenvalue weighted by Crippen LogP contribution is 2.33. The Balaban J connectivity index is 1.33. The number of allylic oxidation sites excluding steroid dienone is 22.